The van der Waals surface area contributed by atoms with Crippen LogP contribution >= 0.6 is 0 Å². The minimum absolute atomic E-state index is 0.649. The number of nitrogens with zero attached hydrogens (tertiary/aromatic N) is 3. The van der Waals surface area contributed by atoms with Crippen LogP contribution in [0.3, 0.4) is 0 Å². The number of allylic oxidation sites excluding steroid dienone is 2. The van der Waals surface area contributed by atoms with Crippen LogP contribution in [0.1, 0.15) is 67.8 Å². The summed E-state index contributed by atoms with van der Waals surface area (Å²) in [6.45, 7) is 9.74. The van der Waals surface area contributed by atoms with Gasteiger partial charge in [-0.3, -0.25) is 4.98 Å². The number of pyridine rings is 1. The molecule has 0 fully saturated rings. The maximum absolute atomic E-state index is 16.1. The zero-order chi connectivity index (χ0) is 21.2. The molecule has 2 aliphatic heterocycles. The van der Waals surface area contributed by atoms with E-state index in [1.54, 1.807) is 6.20 Å². The summed E-state index contributed by atoms with van der Waals surface area (Å²) in [6, 6.07) is 1.95. The first-order valence-corrected chi connectivity index (χ1v) is 10.4. The molecule has 4 heterocycles. The lowest BCUT2D eigenvalue weighted by atomic mass is 9.83. The summed E-state index contributed by atoms with van der Waals surface area (Å²) in [5.74, 6) is 0. The fourth-order valence-corrected chi connectivity index (χ4v) is 5.46. The van der Waals surface area contributed by atoms with E-state index in [9.17, 15) is 0 Å². The van der Waals surface area contributed by atoms with Gasteiger partial charge in [0.05, 0.1) is 5.57 Å². The summed E-state index contributed by atoms with van der Waals surface area (Å²) >= 11 is 0. The van der Waals surface area contributed by atoms with Crippen molar-refractivity contribution in [2.24, 2.45) is 0 Å². The van der Waals surface area contributed by atoms with Crippen molar-refractivity contribution < 1.29 is 13.1 Å². The molecule has 2 aromatic heterocycles. The topological polar surface area (TPSA) is 20.8 Å². The van der Waals surface area contributed by atoms with Crippen LogP contribution in [0, 0.1) is 20.8 Å². The Bertz CT molecular complexity index is 1150. The van der Waals surface area contributed by atoms with Crippen LogP contribution in [0.2, 0.25) is 0 Å². The van der Waals surface area contributed by atoms with Crippen molar-refractivity contribution in [1.29, 1.82) is 0 Å². The molecule has 3 nitrogen and oxygen atoms in total. The minimum atomic E-state index is -3.98. The molecule has 0 unspecified atom stereocenters. The van der Waals surface area contributed by atoms with Gasteiger partial charge in [-0.1, -0.05) is 13.8 Å². The van der Waals surface area contributed by atoms with E-state index in [-0.39, 0.29) is 0 Å². The molecule has 4 rings (SSSR count). The van der Waals surface area contributed by atoms with Crippen molar-refractivity contribution >= 4 is 18.3 Å². The van der Waals surface area contributed by atoms with Gasteiger partial charge in [-0.15, -0.1) is 0 Å². The zero-order valence-electron chi connectivity index (χ0n) is 18.3. The minimum Gasteiger partial charge on any atom is -0.393 e. The van der Waals surface area contributed by atoms with Crippen LogP contribution in [0.5, 0.6) is 0 Å². The van der Waals surface area contributed by atoms with Crippen LogP contribution in [-0.2, 0) is 6.42 Å². The van der Waals surface area contributed by atoms with Gasteiger partial charge in [0.15, 0.2) is 5.70 Å². The largest absolute Gasteiger partial charge is 0.737 e. The highest BCUT2D eigenvalue weighted by Gasteiger charge is 2.56. The smallest absolute Gasteiger partial charge is 0.393 e. The Morgan fingerprint density at radius 2 is 1.76 bits per heavy atom. The predicted octanol–water partition coefficient (Wildman–Crippen LogP) is 5.58. The molecule has 0 saturated heterocycles. The van der Waals surface area contributed by atoms with Gasteiger partial charge in [-0.2, -0.15) is 0 Å². The van der Waals surface area contributed by atoms with Crippen molar-refractivity contribution in [2.45, 2.75) is 61.3 Å². The number of hydrogen-bond donors (Lipinski definition) is 0. The first kappa shape index (κ1) is 19.8. The van der Waals surface area contributed by atoms with E-state index < -0.39 is 6.97 Å². The molecule has 0 bridgehead atoms. The molecule has 0 aliphatic carbocycles. The number of rotatable bonds is 3. The van der Waals surface area contributed by atoms with E-state index in [0.717, 1.165) is 51.8 Å². The van der Waals surface area contributed by atoms with Crippen molar-refractivity contribution in [3.8, 4) is 0 Å². The third-order valence-corrected chi connectivity index (χ3v) is 6.80. The van der Waals surface area contributed by atoms with Crippen LogP contribution in [0.15, 0.2) is 35.3 Å². The van der Waals surface area contributed by atoms with Gasteiger partial charge in [0.2, 0.25) is 0 Å². The van der Waals surface area contributed by atoms with Gasteiger partial charge >= 0.3 is 6.97 Å². The van der Waals surface area contributed by atoms with E-state index in [4.69, 9.17) is 0 Å². The summed E-state index contributed by atoms with van der Waals surface area (Å²) in [4.78, 5) is 4.34. The first-order valence-electron chi connectivity index (χ1n) is 10.4. The highest BCUT2D eigenvalue weighted by atomic mass is 19.2. The van der Waals surface area contributed by atoms with Crippen LogP contribution in [0.25, 0.3) is 5.57 Å². The summed E-state index contributed by atoms with van der Waals surface area (Å²) in [7, 11) is 0. The summed E-state index contributed by atoms with van der Waals surface area (Å²) in [5.41, 5.74) is 9.40. The highest BCUT2D eigenvalue weighted by Crippen LogP contribution is 2.47. The Morgan fingerprint density at radius 3 is 2.34 bits per heavy atom. The molecular formula is C23H28BF2N3. The summed E-state index contributed by atoms with van der Waals surface area (Å²) in [6.07, 6.45) is 5.03. The fourth-order valence-electron chi connectivity index (χ4n) is 5.46. The molecule has 0 spiro atoms. The number of hydrogen-bond acceptors (Lipinski definition) is 1. The van der Waals surface area contributed by atoms with Gasteiger partial charge in [0, 0.05) is 41.7 Å². The van der Waals surface area contributed by atoms with Crippen molar-refractivity contribution in [3.63, 3.8) is 0 Å². The third kappa shape index (κ3) is 2.41. The van der Waals surface area contributed by atoms with E-state index in [1.165, 1.54) is 8.96 Å². The average Bonchev–Trinajstić information content (AvgIpc) is 3.08. The quantitative estimate of drug-likeness (QED) is 0.622. The standard InChI is InChI=1S/C23H28BF2N3/c1-8-18-14(4)22-21(20-12-27-11-10-13(20)3)23-15(5)19(9-2)17(7)29(23)24(25,26)28(22)16(18)6/h10-12H,8-9H2,1-7H3. The second-order valence-corrected chi connectivity index (χ2v) is 8.18. The van der Waals surface area contributed by atoms with Gasteiger partial charge in [-0.25, -0.2) is 0 Å². The number of fused-ring (bicyclic) bond motifs is 2. The van der Waals surface area contributed by atoms with Crippen molar-refractivity contribution in [2.75, 3.05) is 0 Å². The van der Waals surface area contributed by atoms with Gasteiger partial charge < -0.3 is 17.6 Å². The molecule has 0 aromatic carbocycles. The van der Waals surface area contributed by atoms with Gasteiger partial charge in [-0.05, 0) is 69.0 Å². The maximum Gasteiger partial charge on any atom is 0.737 e. The van der Waals surface area contributed by atoms with E-state index in [2.05, 4.69) is 4.98 Å². The number of aromatic nitrogens is 2. The van der Waals surface area contributed by atoms with E-state index >= 15 is 8.63 Å². The zero-order valence-corrected chi connectivity index (χ0v) is 18.3. The molecule has 0 atom stereocenters. The van der Waals surface area contributed by atoms with Gasteiger partial charge in [0.25, 0.3) is 0 Å². The van der Waals surface area contributed by atoms with E-state index in [1.807, 2.05) is 60.7 Å². The lowest BCUT2D eigenvalue weighted by Gasteiger charge is -2.34. The average molecular weight is 395 g/mol. The normalized spacial score (nSPS) is 18.0. The Morgan fingerprint density at radius 1 is 1.07 bits per heavy atom. The Labute approximate surface area is 171 Å². The summed E-state index contributed by atoms with van der Waals surface area (Å²) < 4.78 is 34.9. The SMILES string of the molecule is CCC1=C(C)C2=C(c3cnccc3C)c3c(C)c(CC)c(C)n3[B-](F)(F)[N+]2=C1C. The molecule has 0 radical (unpaired) electrons. The molecule has 0 amide bonds. The number of halogens is 2. The Hall–Kier alpha value is -2.50. The molecule has 29 heavy (non-hydrogen) atoms. The molecule has 0 N–H and O–H groups in total. The highest BCUT2D eigenvalue weighted by molar-refractivity contribution is 6.58. The summed E-state index contributed by atoms with van der Waals surface area (Å²) in [5, 5.41) is 0. The lowest BCUT2D eigenvalue weighted by Crippen LogP contribution is -2.51. The Kier molecular flexibility index (Phi) is 4.45. The second-order valence-electron chi connectivity index (χ2n) is 8.18. The molecule has 2 aliphatic rings. The first-order chi connectivity index (χ1) is 13.7. The molecular weight excluding hydrogens is 367 g/mol. The van der Waals surface area contributed by atoms with E-state index in [0.29, 0.717) is 22.8 Å². The van der Waals surface area contributed by atoms with Crippen LogP contribution in [-0.4, -0.2) is 26.6 Å². The molecule has 2 aromatic rings. The van der Waals surface area contributed by atoms with Gasteiger partial charge in [0.1, 0.15) is 5.71 Å². The molecule has 152 valence electrons. The maximum atomic E-state index is 16.1. The monoisotopic (exact) mass is 395 g/mol. The van der Waals surface area contributed by atoms with Crippen LogP contribution in [0.4, 0.5) is 8.63 Å². The lowest BCUT2D eigenvalue weighted by molar-refractivity contribution is -0.363. The number of aryl methyl sites for hydroxylation is 1. The Balaban J connectivity index is 2.26. The van der Waals surface area contributed by atoms with Crippen molar-refractivity contribution in [3.05, 3.63) is 68.9 Å². The molecule has 0 saturated carbocycles. The van der Waals surface area contributed by atoms with Crippen molar-refractivity contribution in [1.82, 2.24) is 9.46 Å². The molecule has 6 heteroatoms. The third-order valence-electron chi connectivity index (χ3n) is 6.80. The van der Waals surface area contributed by atoms with Crippen LogP contribution < -0.4 is 0 Å². The second kappa shape index (κ2) is 6.51. The fraction of sp³-hybridized carbons (Fsp3) is 0.391. The predicted molar refractivity (Wildman–Crippen MR) is 116 cm³/mol.